The minimum absolute atomic E-state index is 0.0705. The summed E-state index contributed by atoms with van der Waals surface area (Å²) in [5.74, 6) is -0.0747. The topological polar surface area (TPSA) is 68.1 Å². The Balaban J connectivity index is 1.86. The Labute approximate surface area is 184 Å². The molecule has 0 radical (unpaired) electrons. The van der Waals surface area contributed by atoms with Crippen molar-refractivity contribution in [1.82, 2.24) is 0 Å². The maximum absolute atomic E-state index is 12.6. The fourth-order valence-electron chi connectivity index (χ4n) is 3.35. The van der Waals surface area contributed by atoms with Crippen molar-refractivity contribution in [2.24, 2.45) is 4.99 Å². The van der Waals surface area contributed by atoms with Crippen molar-refractivity contribution in [2.75, 3.05) is 13.7 Å². The van der Waals surface area contributed by atoms with Crippen molar-refractivity contribution in [1.29, 1.82) is 0 Å². The number of hydrogen-bond acceptors (Lipinski definition) is 6. The van der Waals surface area contributed by atoms with E-state index in [1.165, 1.54) is 11.8 Å². The first-order chi connectivity index (χ1) is 15.1. The van der Waals surface area contributed by atoms with Crippen LogP contribution in [0.15, 0.2) is 88.0 Å². The molecular weight excluding hydrogens is 410 g/mol. The van der Waals surface area contributed by atoms with Crippen LogP contribution < -0.4 is 4.74 Å². The second kappa shape index (κ2) is 9.10. The number of rotatable bonds is 5. The molecule has 156 valence electrons. The molecule has 1 N–H and O–H groups in total. The zero-order valence-electron chi connectivity index (χ0n) is 17.2. The summed E-state index contributed by atoms with van der Waals surface area (Å²) in [5.41, 5.74) is 1.57. The summed E-state index contributed by atoms with van der Waals surface area (Å²) in [6.45, 7) is 1.93. The number of carbonyl (C=O) groups is 1. The second-order valence-electron chi connectivity index (χ2n) is 6.71. The molecule has 1 heterocycles. The fourth-order valence-corrected chi connectivity index (χ4v) is 4.36. The Morgan fingerprint density at radius 1 is 1.06 bits per heavy atom. The van der Waals surface area contributed by atoms with Gasteiger partial charge in [-0.1, -0.05) is 60.3 Å². The van der Waals surface area contributed by atoms with Gasteiger partial charge < -0.3 is 14.6 Å². The second-order valence-corrected chi connectivity index (χ2v) is 7.74. The number of aliphatic hydroxyl groups is 1. The summed E-state index contributed by atoms with van der Waals surface area (Å²) >= 11 is 1.23. The highest BCUT2D eigenvalue weighted by Crippen LogP contribution is 2.42. The predicted octanol–water partition coefficient (Wildman–Crippen LogP) is 6.04. The summed E-state index contributed by atoms with van der Waals surface area (Å²) in [6.07, 6.45) is 1.83. The lowest BCUT2D eigenvalue weighted by Crippen LogP contribution is -2.12. The number of fused-ring (bicyclic) bond motifs is 1. The Bertz CT molecular complexity index is 1230. The van der Waals surface area contributed by atoms with Crippen LogP contribution in [-0.2, 0) is 9.53 Å². The monoisotopic (exact) mass is 431 g/mol. The van der Waals surface area contributed by atoms with Gasteiger partial charge in [-0.15, -0.1) is 0 Å². The van der Waals surface area contributed by atoms with E-state index in [0.717, 1.165) is 16.3 Å². The molecule has 0 atom stereocenters. The average Bonchev–Trinajstić information content (AvgIpc) is 3.09. The number of aliphatic imine (C=N–C) groups is 1. The number of methoxy groups -OCH3 is 1. The minimum atomic E-state index is -0.601. The van der Waals surface area contributed by atoms with E-state index < -0.39 is 5.97 Å². The Kier molecular flexibility index (Phi) is 6.09. The van der Waals surface area contributed by atoms with E-state index in [1.807, 2.05) is 72.8 Å². The van der Waals surface area contributed by atoms with Gasteiger partial charge in [0.15, 0.2) is 0 Å². The van der Waals surface area contributed by atoms with Gasteiger partial charge in [-0.25, -0.2) is 9.79 Å². The van der Waals surface area contributed by atoms with Gasteiger partial charge in [-0.3, -0.25) is 0 Å². The molecule has 0 unspecified atom stereocenters. The van der Waals surface area contributed by atoms with E-state index in [1.54, 1.807) is 14.0 Å². The number of thioether (sulfide) groups is 1. The van der Waals surface area contributed by atoms with Crippen molar-refractivity contribution in [2.45, 2.75) is 6.92 Å². The van der Waals surface area contributed by atoms with Crippen LogP contribution in [-0.4, -0.2) is 29.8 Å². The van der Waals surface area contributed by atoms with Crippen LogP contribution in [0.1, 0.15) is 12.5 Å². The number of carbonyl (C=O) groups excluding carboxylic acids is 1. The minimum Gasteiger partial charge on any atom is -0.506 e. The molecule has 0 aromatic heterocycles. The van der Waals surface area contributed by atoms with Gasteiger partial charge in [0, 0.05) is 5.56 Å². The third-order valence-electron chi connectivity index (χ3n) is 4.78. The molecule has 31 heavy (non-hydrogen) atoms. The SMILES string of the molecule is CCOC(=O)C1=C(O)/C(=C/c2c(OC)ccc3ccccc23)SC1=Nc1ccccc1. The van der Waals surface area contributed by atoms with Gasteiger partial charge >= 0.3 is 5.97 Å². The summed E-state index contributed by atoms with van der Waals surface area (Å²) in [4.78, 5) is 17.7. The van der Waals surface area contributed by atoms with Crippen molar-refractivity contribution >= 4 is 45.3 Å². The number of para-hydroxylation sites is 1. The van der Waals surface area contributed by atoms with Crippen LogP contribution >= 0.6 is 11.8 Å². The number of aliphatic hydroxyl groups excluding tert-OH is 1. The van der Waals surface area contributed by atoms with Crippen LogP contribution in [0.3, 0.4) is 0 Å². The lowest BCUT2D eigenvalue weighted by atomic mass is 10.0. The third-order valence-corrected chi connectivity index (χ3v) is 5.80. The molecule has 0 fully saturated rings. The molecule has 1 aliphatic heterocycles. The molecule has 4 rings (SSSR count). The van der Waals surface area contributed by atoms with Crippen LogP contribution in [0.4, 0.5) is 5.69 Å². The van der Waals surface area contributed by atoms with Gasteiger partial charge in [0.2, 0.25) is 0 Å². The molecule has 0 saturated carbocycles. The normalized spacial score (nSPS) is 16.3. The van der Waals surface area contributed by atoms with E-state index in [4.69, 9.17) is 9.47 Å². The van der Waals surface area contributed by atoms with Crippen LogP contribution in [0.5, 0.6) is 5.75 Å². The highest BCUT2D eigenvalue weighted by molar-refractivity contribution is 8.18. The Morgan fingerprint density at radius 3 is 2.55 bits per heavy atom. The molecule has 0 aliphatic carbocycles. The van der Waals surface area contributed by atoms with Crippen molar-refractivity contribution in [3.05, 3.63) is 88.5 Å². The molecular formula is C25H21NO4S. The summed E-state index contributed by atoms with van der Waals surface area (Å²) in [5, 5.41) is 13.4. The fraction of sp³-hybridized carbons (Fsp3) is 0.120. The molecule has 5 nitrogen and oxygen atoms in total. The van der Waals surface area contributed by atoms with Gasteiger partial charge in [0.1, 0.15) is 22.1 Å². The third kappa shape index (κ3) is 4.20. The van der Waals surface area contributed by atoms with Gasteiger partial charge in [-0.05, 0) is 42.0 Å². The summed E-state index contributed by atoms with van der Waals surface area (Å²) in [7, 11) is 1.61. The van der Waals surface area contributed by atoms with E-state index in [2.05, 4.69) is 4.99 Å². The van der Waals surface area contributed by atoms with Crippen molar-refractivity contribution in [3.8, 4) is 5.75 Å². The predicted molar refractivity (Wildman–Crippen MR) is 126 cm³/mol. The molecule has 0 saturated heterocycles. The standard InChI is InChI=1S/C25H21NO4S/c1-3-30-25(28)22-23(27)21(31-24(22)26-17-10-5-4-6-11-17)15-19-18-12-8-7-9-16(18)13-14-20(19)29-2/h4-15,27H,3H2,1-2H3/b21-15-,26-24?. The smallest absolute Gasteiger partial charge is 0.344 e. The first-order valence-corrected chi connectivity index (χ1v) is 10.6. The first kappa shape index (κ1) is 20.8. The lowest BCUT2D eigenvalue weighted by molar-refractivity contribution is -0.138. The molecule has 3 aromatic rings. The molecule has 3 aromatic carbocycles. The molecule has 0 spiro atoms. The maximum Gasteiger partial charge on any atom is 0.344 e. The number of esters is 1. The first-order valence-electron chi connectivity index (χ1n) is 9.82. The summed E-state index contributed by atoms with van der Waals surface area (Å²) in [6, 6.07) is 21.1. The molecule has 1 aliphatic rings. The van der Waals surface area contributed by atoms with E-state index >= 15 is 0 Å². The largest absolute Gasteiger partial charge is 0.506 e. The average molecular weight is 432 g/mol. The van der Waals surface area contributed by atoms with E-state index in [9.17, 15) is 9.90 Å². The van der Waals surface area contributed by atoms with Gasteiger partial charge in [-0.2, -0.15) is 0 Å². The lowest BCUT2D eigenvalue weighted by Gasteiger charge is -2.10. The maximum atomic E-state index is 12.6. The van der Waals surface area contributed by atoms with Crippen LogP contribution in [0.25, 0.3) is 16.8 Å². The Hall–Kier alpha value is -3.51. The van der Waals surface area contributed by atoms with E-state index in [-0.39, 0.29) is 17.9 Å². The zero-order valence-corrected chi connectivity index (χ0v) is 18.0. The van der Waals surface area contributed by atoms with Crippen LogP contribution in [0, 0.1) is 0 Å². The van der Waals surface area contributed by atoms with Crippen molar-refractivity contribution < 1.29 is 19.4 Å². The number of ether oxygens (including phenoxy) is 2. The highest BCUT2D eigenvalue weighted by Gasteiger charge is 2.33. The van der Waals surface area contributed by atoms with E-state index in [0.29, 0.717) is 21.4 Å². The molecule has 0 amide bonds. The highest BCUT2D eigenvalue weighted by atomic mass is 32.2. The Morgan fingerprint density at radius 2 is 1.81 bits per heavy atom. The van der Waals surface area contributed by atoms with Gasteiger partial charge in [0.05, 0.1) is 24.3 Å². The van der Waals surface area contributed by atoms with Gasteiger partial charge in [0.25, 0.3) is 0 Å². The summed E-state index contributed by atoms with van der Waals surface area (Å²) < 4.78 is 10.7. The number of benzene rings is 3. The molecule has 6 heteroatoms. The van der Waals surface area contributed by atoms with Crippen molar-refractivity contribution in [3.63, 3.8) is 0 Å². The zero-order chi connectivity index (χ0) is 21.8. The molecule has 0 bridgehead atoms. The number of nitrogens with zero attached hydrogens (tertiary/aromatic N) is 1. The van der Waals surface area contributed by atoms with Crippen LogP contribution in [0.2, 0.25) is 0 Å². The number of hydrogen-bond donors (Lipinski definition) is 1. The quantitative estimate of drug-likeness (QED) is 0.499.